The van der Waals surface area contributed by atoms with E-state index in [-0.39, 0.29) is 19.4 Å². The number of phosphoric ester groups is 1. The molecule has 0 saturated heterocycles. The van der Waals surface area contributed by atoms with Crippen molar-refractivity contribution in [2.24, 2.45) is 0 Å². The molecule has 8 nitrogen and oxygen atoms in total. The number of hydrogen-bond acceptors (Lipinski definition) is 6. The number of carbonyl (C=O) groups is 2. The lowest BCUT2D eigenvalue weighted by Gasteiger charge is -2.18. The average Bonchev–Trinajstić information content (AvgIpc) is 2.97. The highest BCUT2D eigenvalue weighted by Gasteiger charge is 2.22. The van der Waals surface area contributed by atoms with E-state index in [1.165, 1.54) is 89.9 Å². The van der Waals surface area contributed by atoms with Gasteiger partial charge in [-0.3, -0.25) is 14.1 Å². The zero-order valence-corrected chi connectivity index (χ0v) is 28.5. The Morgan fingerprint density at radius 3 is 1.44 bits per heavy atom. The number of phosphoric acid groups is 1. The summed E-state index contributed by atoms with van der Waals surface area (Å²) < 4.78 is 26.2. The van der Waals surface area contributed by atoms with Crippen LogP contribution in [0.3, 0.4) is 0 Å². The van der Waals surface area contributed by atoms with Crippen LogP contribution in [-0.4, -0.2) is 41.0 Å². The molecule has 0 bridgehead atoms. The third-order valence-corrected chi connectivity index (χ3v) is 8.02. The Hall–Kier alpha value is -1.21. The second-order valence-corrected chi connectivity index (χ2v) is 13.1. The molecule has 254 valence electrons. The maximum absolute atomic E-state index is 12.3. The fourth-order valence-corrected chi connectivity index (χ4v) is 5.26. The van der Waals surface area contributed by atoms with Gasteiger partial charge in [-0.05, 0) is 38.5 Å². The van der Waals surface area contributed by atoms with E-state index in [2.05, 4.69) is 30.5 Å². The molecule has 0 spiro atoms. The van der Waals surface area contributed by atoms with Crippen molar-refractivity contribution in [1.82, 2.24) is 0 Å². The molecular weight excluding hydrogens is 567 g/mol. The molecule has 0 aromatic carbocycles. The molecule has 43 heavy (non-hydrogen) atoms. The van der Waals surface area contributed by atoms with E-state index < -0.39 is 32.5 Å². The Morgan fingerprint density at radius 2 is 0.977 bits per heavy atom. The molecule has 1 atom stereocenters. The van der Waals surface area contributed by atoms with Crippen LogP contribution in [0, 0.1) is 0 Å². The summed E-state index contributed by atoms with van der Waals surface area (Å²) in [7, 11) is -4.74. The van der Waals surface area contributed by atoms with Crippen molar-refractivity contribution in [2.45, 2.75) is 180 Å². The van der Waals surface area contributed by atoms with Crippen LogP contribution in [0.4, 0.5) is 0 Å². The molecule has 0 fully saturated rings. The van der Waals surface area contributed by atoms with Gasteiger partial charge in [-0.1, -0.05) is 135 Å². The number of carbonyl (C=O) groups excluding carboxylic acids is 2. The largest absolute Gasteiger partial charge is 0.469 e. The molecule has 0 saturated carbocycles. The third kappa shape index (κ3) is 33.5. The lowest BCUT2D eigenvalue weighted by atomic mass is 10.1. The van der Waals surface area contributed by atoms with Crippen LogP contribution in [0.1, 0.15) is 174 Å². The molecule has 0 amide bonds. The van der Waals surface area contributed by atoms with Crippen LogP contribution in [0.2, 0.25) is 0 Å². The number of unbranched alkanes of at least 4 members (excludes halogenated alkanes) is 20. The highest BCUT2D eigenvalue weighted by molar-refractivity contribution is 7.46. The molecule has 0 aromatic heterocycles. The molecule has 0 radical (unpaired) electrons. The predicted octanol–water partition coefficient (Wildman–Crippen LogP) is 9.90. The maximum atomic E-state index is 12.3. The Morgan fingerprint density at radius 1 is 0.581 bits per heavy atom. The number of allylic oxidation sites excluding steroid dienone is 2. The number of rotatable bonds is 32. The second-order valence-electron chi connectivity index (χ2n) is 11.8. The van der Waals surface area contributed by atoms with Crippen molar-refractivity contribution in [3.63, 3.8) is 0 Å². The summed E-state index contributed by atoms with van der Waals surface area (Å²) in [5.74, 6) is -0.900. The second kappa shape index (κ2) is 30.8. The molecule has 0 aliphatic carbocycles. The topological polar surface area (TPSA) is 119 Å². The Bertz CT molecular complexity index is 721. The molecule has 0 rings (SSSR count). The molecule has 9 heteroatoms. The Labute approximate surface area is 263 Å². The van der Waals surface area contributed by atoms with E-state index in [4.69, 9.17) is 19.3 Å². The summed E-state index contributed by atoms with van der Waals surface area (Å²) in [6, 6.07) is 0. The van der Waals surface area contributed by atoms with Crippen LogP contribution >= 0.6 is 7.82 Å². The molecule has 0 aliphatic heterocycles. The zero-order chi connectivity index (χ0) is 31.9. The molecular formula is C34H65O8P. The van der Waals surface area contributed by atoms with Gasteiger partial charge in [0, 0.05) is 12.8 Å². The Balaban J connectivity index is 3.99. The summed E-state index contributed by atoms with van der Waals surface area (Å²) in [6.07, 6.45) is 30.8. The van der Waals surface area contributed by atoms with E-state index in [0.29, 0.717) is 12.8 Å². The molecule has 0 aromatic rings. The van der Waals surface area contributed by atoms with E-state index in [1.807, 2.05) is 0 Å². The number of hydrogen-bond donors (Lipinski definition) is 2. The normalized spacial score (nSPS) is 12.6. The summed E-state index contributed by atoms with van der Waals surface area (Å²) >= 11 is 0. The van der Waals surface area contributed by atoms with Gasteiger partial charge in [0.25, 0.3) is 0 Å². The third-order valence-electron chi connectivity index (χ3n) is 7.53. The minimum Gasteiger partial charge on any atom is -0.462 e. The first-order valence-electron chi connectivity index (χ1n) is 17.5. The van der Waals surface area contributed by atoms with Gasteiger partial charge in [0.2, 0.25) is 0 Å². The van der Waals surface area contributed by atoms with Crippen molar-refractivity contribution >= 4 is 19.8 Å². The summed E-state index contributed by atoms with van der Waals surface area (Å²) in [6.45, 7) is 3.64. The van der Waals surface area contributed by atoms with Crippen molar-refractivity contribution in [3.8, 4) is 0 Å². The summed E-state index contributed by atoms with van der Waals surface area (Å²) in [5.41, 5.74) is 0. The van der Waals surface area contributed by atoms with Gasteiger partial charge in [-0.15, -0.1) is 0 Å². The van der Waals surface area contributed by atoms with Gasteiger partial charge in [-0.2, -0.15) is 0 Å². The van der Waals surface area contributed by atoms with Gasteiger partial charge < -0.3 is 19.3 Å². The van der Waals surface area contributed by atoms with Gasteiger partial charge >= 0.3 is 19.8 Å². The first kappa shape index (κ1) is 41.8. The van der Waals surface area contributed by atoms with E-state index >= 15 is 0 Å². The Kier molecular flexibility index (Phi) is 29.9. The monoisotopic (exact) mass is 632 g/mol. The number of esters is 2. The highest BCUT2D eigenvalue weighted by atomic mass is 31.2. The fraction of sp³-hybridized carbons (Fsp3) is 0.882. The van der Waals surface area contributed by atoms with Gasteiger partial charge in [-0.25, -0.2) is 4.57 Å². The quantitative estimate of drug-likeness (QED) is 0.0325. The molecule has 0 heterocycles. The van der Waals surface area contributed by atoms with E-state index in [1.54, 1.807) is 0 Å². The fourth-order valence-electron chi connectivity index (χ4n) is 4.90. The van der Waals surface area contributed by atoms with Gasteiger partial charge in [0.05, 0.1) is 6.61 Å². The zero-order valence-electron chi connectivity index (χ0n) is 27.6. The average molecular weight is 633 g/mol. The highest BCUT2D eigenvalue weighted by Crippen LogP contribution is 2.36. The van der Waals surface area contributed by atoms with Crippen molar-refractivity contribution in [1.29, 1.82) is 0 Å². The SMILES string of the molecule is CCCCCCCCCC/C=C/CCCCCC(=O)OC[C@H](COP(=O)(O)O)OC(=O)CCCCCCCCCCCC. The predicted molar refractivity (Wildman–Crippen MR) is 175 cm³/mol. The first-order valence-corrected chi connectivity index (χ1v) is 19.0. The van der Waals surface area contributed by atoms with Gasteiger partial charge in [0.1, 0.15) is 6.61 Å². The van der Waals surface area contributed by atoms with Crippen LogP contribution in [0.25, 0.3) is 0 Å². The van der Waals surface area contributed by atoms with Crippen LogP contribution < -0.4 is 0 Å². The minimum atomic E-state index is -4.74. The van der Waals surface area contributed by atoms with Gasteiger partial charge in [0.15, 0.2) is 6.10 Å². The van der Waals surface area contributed by atoms with Crippen molar-refractivity contribution < 1.29 is 37.9 Å². The van der Waals surface area contributed by atoms with Crippen LogP contribution in [0.15, 0.2) is 12.2 Å². The van der Waals surface area contributed by atoms with Crippen LogP contribution in [-0.2, 0) is 28.2 Å². The lowest BCUT2D eigenvalue weighted by Crippen LogP contribution is -2.29. The van der Waals surface area contributed by atoms with Crippen molar-refractivity contribution in [2.75, 3.05) is 13.2 Å². The molecule has 0 aliphatic rings. The first-order chi connectivity index (χ1) is 20.8. The molecule has 0 unspecified atom stereocenters. The maximum Gasteiger partial charge on any atom is 0.469 e. The van der Waals surface area contributed by atoms with E-state index in [9.17, 15) is 14.2 Å². The lowest BCUT2D eigenvalue weighted by molar-refractivity contribution is -0.161. The minimum absolute atomic E-state index is 0.213. The summed E-state index contributed by atoms with van der Waals surface area (Å²) in [4.78, 5) is 42.5. The van der Waals surface area contributed by atoms with E-state index in [0.717, 1.165) is 44.9 Å². The van der Waals surface area contributed by atoms with Crippen molar-refractivity contribution in [3.05, 3.63) is 12.2 Å². The summed E-state index contributed by atoms with van der Waals surface area (Å²) in [5, 5.41) is 0. The standard InChI is InChI=1S/C34H65O8P/c1-3-5-7-9-11-13-15-16-17-18-19-21-22-24-26-28-33(35)40-30-32(31-41-43(37,38)39)42-34(36)29-27-25-23-20-14-12-10-8-6-4-2/h18-19,32H,3-17,20-31H2,1-2H3,(H2,37,38,39)/b19-18+/t32-/m1/s1. The smallest absolute Gasteiger partial charge is 0.462 e. The van der Waals surface area contributed by atoms with Crippen LogP contribution in [0.5, 0.6) is 0 Å². The number of ether oxygens (including phenoxy) is 2. The molecule has 2 N–H and O–H groups in total.